The predicted octanol–water partition coefficient (Wildman–Crippen LogP) is 4.28. The number of hydrogen-bond donors (Lipinski definition) is 1. The summed E-state index contributed by atoms with van der Waals surface area (Å²) in [6.45, 7) is 4.21. The Morgan fingerprint density at radius 1 is 0.963 bits per heavy atom. The first kappa shape index (κ1) is 18.2. The van der Waals surface area contributed by atoms with Crippen molar-refractivity contribution in [1.82, 2.24) is 19.8 Å². The van der Waals surface area contributed by atoms with Gasteiger partial charge in [-0.1, -0.05) is 35.9 Å². The fourth-order valence-electron chi connectivity index (χ4n) is 3.60. The van der Waals surface area contributed by atoms with E-state index in [-0.39, 0.29) is 0 Å². The van der Waals surface area contributed by atoms with E-state index in [4.69, 9.17) is 11.6 Å². The lowest BCUT2D eigenvalue weighted by Crippen LogP contribution is -2.41. The van der Waals surface area contributed by atoms with Crippen molar-refractivity contribution < 1.29 is 0 Å². The molecule has 0 unspecified atom stereocenters. The van der Waals surface area contributed by atoms with Gasteiger partial charge in [-0.3, -0.25) is 4.90 Å². The first-order valence-electron chi connectivity index (χ1n) is 9.54. The average Bonchev–Trinajstić information content (AvgIpc) is 3.24. The Balaban J connectivity index is 1.22. The van der Waals surface area contributed by atoms with Gasteiger partial charge in [0, 0.05) is 42.2 Å². The summed E-state index contributed by atoms with van der Waals surface area (Å²) in [7, 11) is 0. The standard InChI is InChI=1S/C22H25ClN4/c23-20-5-1-19(2-6-20)16-26-12-9-21(10-13-26)25-15-18-3-7-22(8-4-18)27-14-11-24-17-27/h1-8,11,14,17,21,25H,9-10,12-13,15-16H2. The molecule has 27 heavy (non-hydrogen) atoms. The van der Waals surface area contributed by atoms with Crippen LogP contribution in [0.25, 0.3) is 5.69 Å². The maximum atomic E-state index is 5.97. The molecule has 4 nitrogen and oxygen atoms in total. The number of imidazole rings is 1. The molecular weight excluding hydrogens is 356 g/mol. The minimum absolute atomic E-state index is 0.597. The summed E-state index contributed by atoms with van der Waals surface area (Å²) in [5.74, 6) is 0. The largest absolute Gasteiger partial charge is 0.310 e. The summed E-state index contributed by atoms with van der Waals surface area (Å²) in [6.07, 6.45) is 7.98. The first-order chi connectivity index (χ1) is 13.3. The molecule has 1 saturated heterocycles. The number of rotatable bonds is 6. The summed E-state index contributed by atoms with van der Waals surface area (Å²) in [5, 5.41) is 4.53. The highest BCUT2D eigenvalue weighted by Crippen LogP contribution is 2.16. The highest BCUT2D eigenvalue weighted by atomic mass is 35.5. The van der Waals surface area contributed by atoms with Gasteiger partial charge in [-0.2, -0.15) is 0 Å². The lowest BCUT2D eigenvalue weighted by molar-refractivity contribution is 0.190. The molecule has 1 aliphatic heterocycles. The van der Waals surface area contributed by atoms with Crippen molar-refractivity contribution in [1.29, 1.82) is 0 Å². The van der Waals surface area contributed by atoms with Crippen molar-refractivity contribution in [2.75, 3.05) is 13.1 Å². The van der Waals surface area contributed by atoms with Crippen LogP contribution < -0.4 is 5.32 Å². The van der Waals surface area contributed by atoms with Crippen LogP contribution >= 0.6 is 11.6 Å². The van der Waals surface area contributed by atoms with Gasteiger partial charge in [0.1, 0.15) is 0 Å². The second kappa shape index (κ2) is 8.70. The Morgan fingerprint density at radius 2 is 1.67 bits per heavy atom. The summed E-state index contributed by atoms with van der Waals surface area (Å²) in [5.41, 5.74) is 3.80. The molecular formula is C22H25ClN4. The third-order valence-electron chi connectivity index (χ3n) is 5.24. The zero-order valence-electron chi connectivity index (χ0n) is 15.4. The summed E-state index contributed by atoms with van der Waals surface area (Å²) in [4.78, 5) is 6.62. The maximum absolute atomic E-state index is 5.97. The van der Waals surface area contributed by atoms with Gasteiger partial charge in [0.25, 0.3) is 0 Å². The third-order valence-corrected chi connectivity index (χ3v) is 5.49. The molecule has 3 aromatic rings. The molecule has 2 aromatic carbocycles. The van der Waals surface area contributed by atoms with Gasteiger partial charge >= 0.3 is 0 Å². The molecule has 5 heteroatoms. The fraction of sp³-hybridized carbons (Fsp3) is 0.318. The number of benzene rings is 2. The number of likely N-dealkylation sites (tertiary alicyclic amines) is 1. The smallest absolute Gasteiger partial charge is 0.0991 e. The molecule has 0 atom stereocenters. The zero-order chi connectivity index (χ0) is 18.5. The Bertz CT molecular complexity index is 820. The van der Waals surface area contributed by atoms with E-state index in [1.807, 2.05) is 29.2 Å². The maximum Gasteiger partial charge on any atom is 0.0991 e. The van der Waals surface area contributed by atoms with Gasteiger partial charge in [0.15, 0.2) is 0 Å². The lowest BCUT2D eigenvalue weighted by atomic mass is 10.0. The van der Waals surface area contributed by atoms with Crippen molar-refractivity contribution in [3.63, 3.8) is 0 Å². The third kappa shape index (κ3) is 4.98. The van der Waals surface area contributed by atoms with Crippen LogP contribution in [0.3, 0.4) is 0 Å². The van der Waals surface area contributed by atoms with E-state index in [0.29, 0.717) is 6.04 Å². The summed E-state index contributed by atoms with van der Waals surface area (Å²) in [6, 6.07) is 17.5. The van der Waals surface area contributed by atoms with Gasteiger partial charge in [-0.25, -0.2) is 4.98 Å². The number of nitrogens with one attached hydrogen (secondary N) is 1. The Morgan fingerprint density at radius 3 is 2.33 bits per heavy atom. The average molecular weight is 381 g/mol. The Kier molecular flexibility index (Phi) is 5.87. The summed E-state index contributed by atoms with van der Waals surface area (Å²) < 4.78 is 2.02. The fourth-order valence-corrected chi connectivity index (χ4v) is 3.73. The van der Waals surface area contributed by atoms with Crippen molar-refractivity contribution in [3.05, 3.63) is 83.4 Å². The van der Waals surface area contributed by atoms with Gasteiger partial charge in [0.05, 0.1) is 6.33 Å². The molecule has 140 valence electrons. The van der Waals surface area contributed by atoms with E-state index in [0.717, 1.165) is 36.9 Å². The van der Waals surface area contributed by atoms with Crippen molar-refractivity contribution in [2.45, 2.75) is 32.0 Å². The van der Waals surface area contributed by atoms with Gasteiger partial charge in [0.2, 0.25) is 0 Å². The first-order valence-corrected chi connectivity index (χ1v) is 9.91. The van der Waals surface area contributed by atoms with E-state index in [1.54, 1.807) is 6.20 Å². The van der Waals surface area contributed by atoms with Crippen molar-refractivity contribution in [2.24, 2.45) is 0 Å². The molecule has 0 bridgehead atoms. The normalized spacial score (nSPS) is 15.9. The van der Waals surface area contributed by atoms with E-state index < -0.39 is 0 Å². The quantitative estimate of drug-likeness (QED) is 0.692. The van der Waals surface area contributed by atoms with Gasteiger partial charge < -0.3 is 9.88 Å². The van der Waals surface area contributed by atoms with Crippen LogP contribution in [0.1, 0.15) is 24.0 Å². The Labute approximate surface area is 165 Å². The minimum Gasteiger partial charge on any atom is -0.310 e. The van der Waals surface area contributed by atoms with Crippen molar-refractivity contribution in [3.8, 4) is 5.69 Å². The molecule has 1 N–H and O–H groups in total. The van der Waals surface area contributed by atoms with E-state index in [9.17, 15) is 0 Å². The molecule has 0 radical (unpaired) electrons. The van der Waals surface area contributed by atoms with Crippen LogP contribution in [-0.2, 0) is 13.1 Å². The highest BCUT2D eigenvalue weighted by Gasteiger charge is 2.18. The topological polar surface area (TPSA) is 33.1 Å². The molecule has 4 rings (SSSR count). The predicted molar refractivity (Wildman–Crippen MR) is 110 cm³/mol. The number of halogens is 1. The molecule has 0 spiro atoms. The number of aromatic nitrogens is 2. The molecule has 2 heterocycles. The van der Waals surface area contributed by atoms with Crippen LogP contribution in [0.2, 0.25) is 5.02 Å². The monoisotopic (exact) mass is 380 g/mol. The van der Waals surface area contributed by atoms with Crippen LogP contribution in [0, 0.1) is 0 Å². The highest BCUT2D eigenvalue weighted by molar-refractivity contribution is 6.30. The molecule has 1 aromatic heterocycles. The second-order valence-corrected chi connectivity index (χ2v) is 7.63. The molecule has 1 aliphatic rings. The van der Waals surface area contributed by atoms with Crippen LogP contribution in [-0.4, -0.2) is 33.6 Å². The van der Waals surface area contributed by atoms with Gasteiger partial charge in [-0.05, 0) is 61.3 Å². The minimum atomic E-state index is 0.597. The van der Waals surface area contributed by atoms with E-state index >= 15 is 0 Å². The second-order valence-electron chi connectivity index (χ2n) is 7.19. The number of hydrogen-bond acceptors (Lipinski definition) is 3. The van der Waals surface area contributed by atoms with Crippen molar-refractivity contribution >= 4 is 11.6 Å². The molecule has 0 amide bonds. The molecule has 1 fully saturated rings. The number of piperidine rings is 1. The SMILES string of the molecule is Clc1ccc(CN2CCC(NCc3ccc(-n4ccnc4)cc3)CC2)cc1. The van der Waals surface area contributed by atoms with Crippen LogP contribution in [0.4, 0.5) is 0 Å². The van der Waals surface area contributed by atoms with Gasteiger partial charge in [-0.15, -0.1) is 0 Å². The molecule has 0 aliphatic carbocycles. The van der Waals surface area contributed by atoms with E-state index in [1.165, 1.54) is 24.0 Å². The Hall–Kier alpha value is -2.14. The van der Waals surface area contributed by atoms with E-state index in [2.05, 4.69) is 51.6 Å². The summed E-state index contributed by atoms with van der Waals surface area (Å²) >= 11 is 5.97. The molecule has 0 saturated carbocycles. The van der Waals surface area contributed by atoms with Crippen LogP contribution in [0.5, 0.6) is 0 Å². The zero-order valence-corrected chi connectivity index (χ0v) is 16.1. The number of nitrogens with zero attached hydrogens (tertiary/aromatic N) is 3. The van der Waals surface area contributed by atoms with Crippen LogP contribution in [0.15, 0.2) is 67.3 Å². The lowest BCUT2D eigenvalue weighted by Gasteiger charge is -2.32.